The number of nitrogens with one attached hydrogen (secondary N) is 1. The van der Waals surface area contributed by atoms with Crippen molar-refractivity contribution in [2.24, 2.45) is 0 Å². The van der Waals surface area contributed by atoms with Gasteiger partial charge in [0.2, 0.25) is 0 Å². The summed E-state index contributed by atoms with van der Waals surface area (Å²) in [6.07, 6.45) is 4.41. The predicted octanol–water partition coefficient (Wildman–Crippen LogP) is 1.20. The molecule has 0 saturated carbocycles. The second-order valence-corrected chi connectivity index (χ2v) is 4.40. The van der Waals surface area contributed by atoms with E-state index in [-0.39, 0.29) is 0 Å². The van der Waals surface area contributed by atoms with Crippen LogP contribution in [-0.4, -0.2) is 34.2 Å². The number of carbonyl (C=O) groups is 1. The summed E-state index contributed by atoms with van der Waals surface area (Å²) in [5.41, 5.74) is 6.84. The molecule has 0 aliphatic carbocycles. The van der Waals surface area contributed by atoms with Crippen LogP contribution in [0.1, 0.15) is 23.7 Å². The lowest BCUT2D eigenvalue weighted by molar-refractivity contribution is -0.138. The van der Waals surface area contributed by atoms with Crippen LogP contribution in [0.4, 0.5) is 0 Å². The fraction of sp³-hybridized carbons (Fsp3) is 0.385. The third kappa shape index (κ3) is 2.22. The predicted molar refractivity (Wildman–Crippen MR) is 68.7 cm³/mol. The van der Waals surface area contributed by atoms with Crippen LogP contribution in [0.15, 0.2) is 18.3 Å². The van der Waals surface area contributed by atoms with Gasteiger partial charge in [-0.05, 0) is 31.1 Å². The lowest BCUT2D eigenvalue weighted by atomic mass is 10.1. The molecule has 2 rings (SSSR count). The van der Waals surface area contributed by atoms with Crippen molar-refractivity contribution in [2.45, 2.75) is 26.3 Å². The van der Waals surface area contributed by atoms with Crippen molar-refractivity contribution < 1.29 is 9.90 Å². The second-order valence-electron chi connectivity index (χ2n) is 4.40. The molecule has 2 heterocycles. The van der Waals surface area contributed by atoms with E-state index in [1.807, 2.05) is 26.2 Å². The Balaban J connectivity index is 2.37. The van der Waals surface area contributed by atoms with Gasteiger partial charge in [-0.15, -0.1) is 0 Å². The van der Waals surface area contributed by atoms with Crippen molar-refractivity contribution in [3.8, 4) is 0 Å². The van der Waals surface area contributed by atoms with E-state index in [1.165, 1.54) is 0 Å². The fourth-order valence-corrected chi connectivity index (χ4v) is 2.06. The van der Waals surface area contributed by atoms with Gasteiger partial charge in [0.05, 0.1) is 5.70 Å². The maximum atomic E-state index is 11.0. The van der Waals surface area contributed by atoms with Crippen LogP contribution in [0.5, 0.6) is 0 Å². The van der Waals surface area contributed by atoms with Gasteiger partial charge < -0.3 is 10.1 Å². The van der Waals surface area contributed by atoms with Gasteiger partial charge >= 0.3 is 5.97 Å². The lowest BCUT2D eigenvalue weighted by Gasteiger charge is -2.18. The van der Waals surface area contributed by atoms with Crippen molar-refractivity contribution in [1.82, 2.24) is 15.4 Å². The summed E-state index contributed by atoms with van der Waals surface area (Å²) in [6, 6.07) is 1.37. The van der Waals surface area contributed by atoms with E-state index < -0.39 is 12.0 Å². The Morgan fingerprint density at radius 3 is 2.83 bits per heavy atom. The zero-order valence-corrected chi connectivity index (χ0v) is 10.8. The normalized spacial score (nSPS) is 18.9. The summed E-state index contributed by atoms with van der Waals surface area (Å²) in [5, 5.41) is 10.7. The van der Waals surface area contributed by atoms with Crippen LogP contribution >= 0.6 is 0 Å². The number of carboxylic acids is 1. The smallest absolute Gasteiger partial charge is 0.326 e. The Morgan fingerprint density at radius 1 is 1.61 bits per heavy atom. The summed E-state index contributed by atoms with van der Waals surface area (Å²) >= 11 is 0. The molecule has 1 aliphatic heterocycles. The van der Waals surface area contributed by atoms with Crippen LogP contribution in [0.25, 0.3) is 5.70 Å². The van der Waals surface area contributed by atoms with Gasteiger partial charge in [-0.25, -0.2) is 5.43 Å². The molecule has 0 radical (unpaired) electrons. The van der Waals surface area contributed by atoms with E-state index in [9.17, 15) is 4.79 Å². The van der Waals surface area contributed by atoms with E-state index >= 15 is 0 Å². The minimum atomic E-state index is -0.882. The van der Waals surface area contributed by atoms with Crippen molar-refractivity contribution in [1.29, 1.82) is 0 Å². The fourth-order valence-electron chi connectivity index (χ4n) is 2.06. The Labute approximate surface area is 106 Å². The summed E-state index contributed by atoms with van der Waals surface area (Å²) in [4.78, 5) is 15.3. The van der Waals surface area contributed by atoms with Gasteiger partial charge in [0.1, 0.15) is 6.04 Å². The highest BCUT2D eigenvalue weighted by atomic mass is 16.4. The SMILES string of the molecule is CCc1cc(C)c(C2=CC(C(=O)O)NN2C)cn1. The molecular formula is C13H17N3O2. The molecule has 0 spiro atoms. The highest BCUT2D eigenvalue weighted by molar-refractivity contribution is 5.82. The van der Waals surface area contributed by atoms with E-state index in [2.05, 4.69) is 17.3 Å². The Kier molecular flexibility index (Phi) is 3.34. The maximum Gasteiger partial charge on any atom is 0.326 e. The van der Waals surface area contributed by atoms with E-state index in [1.54, 1.807) is 11.1 Å². The number of carboxylic acid groups (broad SMARTS) is 1. The Hall–Kier alpha value is -1.88. The molecule has 2 N–H and O–H groups in total. The van der Waals surface area contributed by atoms with Crippen LogP contribution < -0.4 is 5.43 Å². The molecule has 96 valence electrons. The van der Waals surface area contributed by atoms with Crippen molar-refractivity contribution in [2.75, 3.05) is 7.05 Å². The highest BCUT2D eigenvalue weighted by Crippen LogP contribution is 2.24. The first kappa shape index (κ1) is 12.6. The minimum absolute atomic E-state index is 0.671. The van der Waals surface area contributed by atoms with Crippen LogP contribution in [0.3, 0.4) is 0 Å². The van der Waals surface area contributed by atoms with Crippen LogP contribution in [-0.2, 0) is 11.2 Å². The Morgan fingerprint density at radius 2 is 2.33 bits per heavy atom. The summed E-state index contributed by atoms with van der Waals surface area (Å²) < 4.78 is 0. The molecule has 1 aromatic heterocycles. The maximum absolute atomic E-state index is 11.0. The Bertz CT molecular complexity index is 511. The van der Waals surface area contributed by atoms with Crippen LogP contribution in [0.2, 0.25) is 0 Å². The van der Waals surface area contributed by atoms with Gasteiger partial charge in [0.25, 0.3) is 0 Å². The summed E-state index contributed by atoms with van der Waals surface area (Å²) in [6.45, 7) is 4.07. The van der Waals surface area contributed by atoms with Gasteiger partial charge in [-0.2, -0.15) is 0 Å². The van der Waals surface area contributed by atoms with Crippen molar-refractivity contribution in [3.05, 3.63) is 35.2 Å². The molecular weight excluding hydrogens is 230 g/mol. The summed E-state index contributed by atoms with van der Waals surface area (Å²) in [7, 11) is 1.81. The third-order valence-electron chi connectivity index (χ3n) is 3.09. The first-order valence-electron chi connectivity index (χ1n) is 5.93. The average Bonchev–Trinajstić information content (AvgIpc) is 2.71. The second kappa shape index (κ2) is 4.78. The van der Waals surface area contributed by atoms with Gasteiger partial charge in [0, 0.05) is 24.5 Å². The number of rotatable bonds is 3. The number of aliphatic carboxylic acids is 1. The molecule has 5 nitrogen and oxygen atoms in total. The minimum Gasteiger partial charge on any atom is -0.480 e. The molecule has 0 aromatic carbocycles. The third-order valence-corrected chi connectivity index (χ3v) is 3.09. The molecule has 0 bridgehead atoms. The number of hydrogen-bond acceptors (Lipinski definition) is 4. The first-order valence-corrected chi connectivity index (χ1v) is 5.93. The molecule has 0 amide bonds. The zero-order chi connectivity index (χ0) is 13.3. The molecule has 18 heavy (non-hydrogen) atoms. The molecule has 1 unspecified atom stereocenters. The molecule has 1 aliphatic rings. The molecule has 1 atom stereocenters. The van der Waals surface area contributed by atoms with E-state index in [4.69, 9.17) is 5.11 Å². The van der Waals surface area contributed by atoms with Crippen molar-refractivity contribution >= 4 is 11.7 Å². The standard InChI is InChI=1S/C13H17N3O2/c1-4-9-5-8(2)10(7-14-9)12-6-11(13(17)18)15-16(12)3/h5-7,11,15H,4H2,1-3H3,(H,17,18). The van der Waals surface area contributed by atoms with Gasteiger partial charge in [-0.3, -0.25) is 9.78 Å². The van der Waals surface area contributed by atoms with Gasteiger partial charge in [0.15, 0.2) is 0 Å². The highest BCUT2D eigenvalue weighted by Gasteiger charge is 2.26. The summed E-state index contributed by atoms with van der Waals surface area (Å²) in [5.74, 6) is -0.882. The van der Waals surface area contributed by atoms with E-state index in [0.717, 1.165) is 28.9 Å². The number of hydrogen-bond donors (Lipinski definition) is 2. The topological polar surface area (TPSA) is 65.5 Å². The number of hydrazine groups is 1. The number of aromatic nitrogens is 1. The largest absolute Gasteiger partial charge is 0.480 e. The number of aryl methyl sites for hydroxylation is 2. The molecule has 1 aromatic rings. The zero-order valence-electron chi connectivity index (χ0n) is 10.8. The first-order chi connectivity index (χ1) is 8.52. The average molecular weight is 247 g/mol. The van der Waals surface area contributed by atoms with Crippen molar-refractivity contribution in [3.63, 3.8) is 0 Å². The number of pyridine rings is 1. The quantitative estimate of drug-likeness (QED) is 0.840. The van der Waals surface area contributed by atoms with Crippen LogP contribution in [0, 0.1) is 6.92 Å². The molecule has 0 fully saturated rings. The van der Waals surface area contributed by atoms with E-state index in [0.29, 0.717) is 0 Å². The molecule has 0 saturated heterocycles. The monoisotopic (exact) mass is 247 g/mol. The van der Waals surface area contributed by atoms with Gasteiger partial charge in [-0.1, -0.05) is 6.92 Å². The molecule has 5 heteroatoms. The lowest BCUT2D eigenvalue weighted by Crippen LogP contribution is -2.38. The number of nitrogens with zero attached hydrogens (tertiary/aromatic N) is 2.